The van der Waals surface area contributed by atoms with E-state index in [1.807, 2.05) is 13.8 Å². The first kappa shape index (κ1) is 14.4. The standard InChI is InChI=1S/C13H24N2OS/c1-4-13(5-2,11(14)17)12(16)15-10-7-6-9(3)8-10/h9-10H,4-8H2,1-3H3,(H2,14,17)(H,15,16). The van der Waals surface area contributed by atoms with E-state index in [4.69, 9.17) is 18.0 Å². The van der Waals surface area contributed by atoms with Crippen molar-refractivity contribution in [2.24, 2.45) is 17.1 Å². The molecule has 0 aromatic heterocycles. The second-order valence-electron chi connectivity index (χ2n) is 5.24. The SMILES string of the molecule is CCC(CC)(C(=O)NC1CCC(C)C1)C(N)=S. The lowest BCUT2D eigenvalue weighted by Crippen LogP contribution is -2.50. The van der Waals surface area contributed by atoms with Crippen molar-refractivity contribution in [1.29, 1.82) is 0 Å². The van der Waals surface area contributed by atoms with E-state index in [9.17, 15) is 4.79 Å². The van der Waals surface area contributed by atoms with Gasteiger partial charge in [0.2, 0.25) is 5.91 Å². The zero-order chi connectivity index (χ0) is 13.1. The third-order valence-corrected chi connectivity index (χ3v) is 4.53. The first-order chi connectivity index (χ1) is 7.96. The smallest absolute Gasteiger partial charge is 0.233 e. The fraction of sp³-hybridized carbons (Fsp3) is 0.846. The van der Waals surface area contributed by atoms with Crippen molar-refractivity contribution in [2.45, 2.75) is 58.9 Å². The van der Waals surface area contributed by atoms with Gasteiger partial charge in [0.05, 0.1) is 10.4 Å². The lowest BCUT2D eigenvalue weighted by Gasteiger charge is -2.30. The van der Waals surface area contributed by atoms with E-state index in [-0.39, 0.29) is 5.91 Å². The molecule has 1 saturated carbocycles. The molecule has 0 aromatic carbocycles. The van der Waals surface area contributed by atoms with Gasteiger partial charge in [-0.25, -0.2) is 0 Å². The molecular formula is C13H24N2OS. The number of nitrogens with one attached hydrogen (secondary N) is 1. The van der Waals surface area contributed by atoms with Crippen molar-refractivity contribution in [1.82, 2.24) is 5.32 Å². The molecule has 1 aliphatic rings. The lowest BCUT2D eigenvalue weighted by molar-refractivity contribution is -0.128. The van der Waals surface area contributed by atoms with Gasteiger partial charge in [-0.15, -0.1) is 0 Å². The number of carbonyl (C=O) groups excluding carboxylic acids is 1. The number of nitrogens with two attached hydrogens (primary N) is 1. The molecule has 0 spiro atoms. The van der Waals surface area contributed by atoms with E-state index < -0.39 is 5.41 Å². The van der Waals surface area contributed by atoms with Crippen LogP contribution in [0.15, 0.2) is 0 Å². The van der Waals surface area contributed by atoms with E-state index in [1.165, 1.54) is 6.42 Å². The predicted octanol–water partition coefficient (Wildman–Crippen LogP) is 2.38. The summed E-state index contributed by atoms with van der Waals surface area (Å²) >= 11 is 5.08. The average molecular weight is 256 g/mol. The second-order valence-corrected chi connectivity index (χ2v) is 5.68. The van der Waals surface area contributed by atoms with Gasteiger partial charge in [-0.3, -0.25) is 4.79 Å². The summed E-state index contributed by atoms with van der Waals surface area (Å²) in [5, 5.41) is 3.13. The maximum atomic E-state index is 12.4. The van der Waals surface area contributed by atoms with Crippen LogP contribution >= 0.6 is 12.2 Å². The third-order valence-electron chi connectivity index (χ3n) is 4.14. The summed E-state index contributed by atoms with van der Waals surface area (Å²) in [7, 11) is 0. The molecule has 0 saturated heterocycles. The summed E-state index contributed by atoms with van der Waals surface area (Å²) in [6.07, 6.45) is 4.70. The molecule has 0 radical (unpaired) electrons. The molecule has 0 aromatic rings. The van der Waals surface area contributed by atoms with E-state index >= 15 is 0 Å². The highest BCUT2D eigenvalue weighted by molar-refractivity contribution is 7.80. The van der Waals surface area contributed by atoms with E-state index in [0.717, 1.165) is 12.8 Å². The molecule has 1 aliphatic carbocycles. The third kappa shape index (κ3) is 2.97. The molecule has 1 rings (SSSR count). The minimum atomic E-state index is -0.652. The number of thiocarbonyl (C=S) groups is 1. The van der Waals surface area contributed by atoms with Crippen LogP contribution < -0.4 is 11.1 Å². The Morgan fingerprint density at radius 2 is 2.00 bits per heavy atom. The van der Waals surface area contributed by atoms with Gasteiger partial charge in [-0.05, 0) is 38.0 Å². The number of hydrogen-bond donors (Lipinski definition) is 2. The van der Waals surface area contributed by atoms with Crippen molar-refractivity contribution in [3.05, 3.63) is 0 Å². The van der Waals surface area contributed by atoms with E-state index in [2.05, 4.69) is 12.2 Å². The topological polar surface area (TPSA) is 55.1 Å². The largest absolute Gasteiger partial charge is 0.392 e. The normalized spacial score (nSPS) is 24.6. The summed E-state index contributed by atoms with van der Waals surface area (Å²) in [5.41, 5.74) is 5.11. The maximum Gasteiger partial charge on any atom is 0.233 e. The van der Waals surface area contributed by atoms with Gasteiger partial charge in [0.15, 0.2) is 0 Å². The Morgan fingerprint density at radius 1 is 1.41 bits per heavy atom. The Morgan fingerprint density at radius 3 is 2.35 bits per heavy atom. The second kappa shape index (κ2) is 5.80. The fourth-order valence-electron chi connectivity index (χ4n) is 2.69. The van der Waals surface area contributed by atoms with Gasteiger partial charge in [0.1, 0.15) is 0 Å². The van der Waals surface area contributed by atoms with Crippen molar-refractivity contribution in [2.75, 3.05) is 0 Å². The van der Waals surface area contributed by atoms with E-state index in [1.54, 1.807) is 0 Å². The molecule has 17 heavy (non-hydrogen) atoms. The maximum absolute atomic E-state index is 12.4. The fourth-order valence-corrected chi connectivity index (χ4v) is 3.07. The summed E-state index contributed by atoms with van der Waals surface area (Å²) in [6.45, 7) is 6.17. The average Bonchev–Trinajstić information content (AvgIpc) is 2.66. The summed E-state index contributed by atoms with van der Waals surface area (Å²) < 4.78 is 0. The van der Waals surface area contributed by atoms with Gasteiger partial charge in [0.25, 0.3) is 0 Å². The first-order valence-corrected chi connectivity index (χ1v) is 6.98. The molecule has 2 unspecified atom stereocenters. The zero-order valence-electron chi connectivity index (χ0n) is 11.1. The Labute approximate surface area is 110 Å². The van der Waals surface area contributed by atoms with Gasteiger partial charge in [-0.1, -0.05) is 33.0 Å². The number of rotatable bonds is 5. The molecule has 1 amide bonds. The summed E-state index contributed by atoms with van der Waals surface area (Å²) in [4.78, 5) is 12.7. The predicted molar refractivity (Wildman–Crippen MR) is 74.7 cm³/mol. The van der Waals surface area contributed by atoms with Gasteiger partial charge in [0, 0.05) is 6.04 Å². The molecule has 4 heteroatoms. The Kier molecular flexibility index (Phi) is 4.92. The molecule has 98 valence electrons. The van der Waals surface area contributed by atoms with Crippen molar-refractivity contribution in [3.63, 3.8) is 0 Å². The minimum absolute atomic E-state index is 0.0223. The quantitative estimate of drug-likeness (QED) is 0.743. The molecule has 3 nitrogen and oxygen atoms in total. The van der Waals surface area contributed by atoms with Crippen LogP contribution in [0, 0.1) is 11.3 Å². The van der Waals surface area contributed by atoms with Crippen LogP contribution in [0.25, 0.3) is 0 Å². The summed E-state index contributed by atoms with van der Waals surface area (Å²) in [6, 6.07) is 0.310. The van der Waals surface area contributed by atoms with Crippen LogP contribution in [-0.4, -0.2) is 16.9 Å². The Hall–Kier alpha value is -0.640. The highest BCUT2D eigenvalue weighted by Gasteiger charge is 2.39. The molecule has 1 fully saturated rings. The van der Waals surface area contributed by atoms with Crippen LogP contribution in [0.4, 0.5) is 0 Å². The molecule has 0 aliphatic heterocycles. The van der Waals surface area contributed by atoms with Crippen LogP contribution in [0.1, 0.15) is 52.9 Å². The van der Waals surface area contributed by atoms with Crippen molar-refractivity contribution >= 4 is 23.1 Å². The Balaban J connectivity index is 2.69. The van der Waals surface area contributed by atoms with Gasteiger partial charge < -0.3 is 11.1 Å². The highest BCUT2D eigenvalue weighted by atomic mass is 32.1. The van der Waals surface area contributed by atoms with Crippen LogP contribution in [0.2, 0.25) is 0 Å². The zero-order valence-corrected chi connectivity index (χ0v) is 11.9. The molecule has 0 bridgehead atoms. The molecule has 0 heterocycles. The van der Waals surface area contributed by atoms with Crippen LogP contribution in [0.3, 0.4) is 0 Å². The van der Waals surface area contributed by atoms with E-state index in [0.29, 0.717) is 29.8 Å². The van der Waals surface area contributed by atoms with Gasteiger partial charge in [-0.2, -0.15) is 0 Å². The molecule has 2 atom stereocenters. The van der Waals surface area contributed by atoms with Gasteiger partial charge >= 0.3 is 0 Å². The minimum Gasteiger partial charge on any atom is -0.392 e. The monoisotopic (exact) mass is 256 g/mol. The van der Waals surface area contributed by atoms with Crippen LogP contribution in [-0.2, 0) is 4.79 Å². The number of carbonyl (C=O) groups is 1. The summed E-state index contributed by atoms with van der Waals surface area (Å²) in [5.74, 6) is 0.733. The first-order valence-electron chi connectivity index (χ1n) is 6.57. The number of amides is 1. The van der Waals surface area contributed by atoms with Crippen LogP contribution in [0.5, 0.6) is 0 Å². The lowest BCUT2D eigenvalue weighted by atomic mass is 9.81. The molecule has 3 N–H and O–H groups in total. The highest BCUT2D eigenvalue weighted by Crippen LogP contribution is 2.30. The number of hydrogen-bond acceptors (Lipinski definition) is 2. The Bertz CT molecular complexity index is 300. The van der Waals surface area contributed by atoms with Crippen molar-refractivity contribution < 1.29 is 4.79 Å². The molecular weight excluding hydrogens is 232 g/mol. The van der Waals surface area contributed by atoms with Crippen molar-refractivity contribution in [3.8, 4) is 0 Å².